The van der Waals surface area contributed by atoms with Gasteiger partial charge in [-0.15, -0.1) is 11.7 Å². The van der Waals surface area contributed by atoms with Gasteiger partial charge in [-0.2, -0.15) is 15.2 Å². The number of amides is 1. The van der Waals surface area contributed by atoms with E-state index in [1.165, 1.54) is 4.80 Å². The first-order chi connectivity index (χ1) is 13.9. The predicted octanol–water partition coefficient (Wildman–Crippen LogP) is 3.89. The molecule has 2 aromatic carbocycles. The summed E-state index contributed by atoms with van der Waals surface area (Å²) in [5, 5.41) is 17.9. The molecule has 0 radical (unpaired) electrons. The number of aromatic nitrogens is 3. The van der Waals surface area contributed by atoms with Gasteiger partial charge in [0.2, 0.25) is 0 Å². The second-order valence-electron chi connectivity index (χ2n) is 7.00. The van der Waals surface area contributed by atoms with Crippen LogP contribution < -0.4 is 0 Å². The van der Waals surface area contributed by atoms with E-state index in [4.69, 9.17) is 5.26 Å². The minimum atomic E-state index is -0.206. The van der Waals surface area contributed by atoms with E-state index in [0.717, 1.165) is 22.4 Å². The first kappa shape index (κ1) is 20.0. The van der Waals surface area contributed by atoms with Gasteiger partial charge in [0.25, 0.3) is 5.91 Å². The third-order valence-electron chi connectivity index (χ3n) is 4.65. The van der Waals surface area contributed by atoms with Crippen molar-refractivity contribution in [3.8, 4) is 11.8 Å². The quantitative estimate of drug-likeness (QED) is 0.603. The van der Waals surface area contributed by atoms with Crippen LogP contribution in [0.4, 0.5) is 0 Å². The number of carbonyl (C=O) groups excluding carboxylic acids is 1. The van der Waals surface area contributed by atoms with Crippen LogP contribution in [0, 0.1) is 32.1 Å². The fourth-order valence-electron chi connectivity index (χ4n) is 3.14. The Morgan fingerprint density at radius 2 is 1.90 bits per heavy atom. The third-order valence-corrected chi connectivity index (χ3v) is 4.65. The number of hydrogen-bond donors (Lipinski definition) is 0. The highest BCUT2D eigenvalue weighted by Gasteiger charge is 2.22. The Kier molecular flexibility index (Phi) is 5.89. The topological polar surface area (TPSA) is 74.8 Å². The Labute approximate surface area is 170 Å². The van der Waals surface area contributed by atoms with Crippen LogP contribution in [0.1, 0.15) is 38.4 Å². The highest BCUT2D eigenvalue weighted by atomic mass is 16.2. The average Bonchev–Trinajstić information content (AvgIpc) is 3.09. The molecule has 0 atom stereocenters. The summed E-state index contributed by atoms with van der Waals surface area (Å²) in [6, 6.07) is 15.3. The molecule has 146 valence electrons. The molecule has 0 saturated carbocycles. The molecule has 6 nitrogen and oxygen atoms in total. The second-order valence-corrected chi connectivity index (χ2v) is 7.00. The maximum Gasteiger partial charge on any atom is 0.276 e. The fourth-order valence-corrected chi connectivity index (χ4v) is 3.14. The Morgan fingerprint density at radius 1 is 1.17 bits per heavy atom. The van der Waals surface area contributed by atoms with E-state index in [1.807, 2.05) is 38.1 Å². The first-order valence-corrected chi connectivity index (χ1v) is 9.33. The molecular weight excluding hydrogens is 362 g/mol. The summed E-state index contributed by atoms with van der Waals surface area (Å²) in [6.45, 7) is 10.4. The van der Waals surface area contributed by atoms with Crippen LogP contribution in [0.15, 0.2) is 55.1 Å². The monoisotopic (exact) mass is 385 g/mol. The number of nitrogens with zero attached hydrogens (tertiary/aromatic N) is 5. The predicted molar refractivity (Wildman–Crippen MR) is 112 cm³/mol. The third kappa shape index (κ3) is 4.41. The number of hydrogen-bond acceptors (Lipinski definition) is 4. The summed E-state index contributed by atoms with van der Waals surface area (Å²) in [5.41, 5.74) is 5.45. The Morgan fingerprint density at radius 3 is 2.52 bits per heavy atom. The lowest BCUT2D eigenvalue weighted by molar-refractivity contribution is 0.0755. The zero-order valence-electron chi connectivity index (χ0n) is 16.9. The normalized spacial score (nSPS) is 10.4. The van der Waals surface area contributed by atoms with Gasteiger partial charge >= 0.3 is 0 Å². The second kappa shape index (κ2) is 8.53. The first-order valence-electron chi connectivity index (χ1n) is 9.33. The van der Waals surface area contributed by atoms with Crippen molar-refractivity contribution in [1.82, 2.24) is 19.9 Å². The van der Waals surface area contributed by atoms with Crippen molar-refractivity contribution >= 4 is 5.91 Å². The lowest BCUT2D eigenvalue weighted by atomic mass is 10.1. The summed E-state index contributed by atoms with van der Waals surface area (Å²) < 4.78 is 0. The van der Waals surface area contributed by atoms with Crippen LogP contribution in [-0.4, -0.2) is 32.3 Å². The summed E-state index contributed by atoms with van der Waals surface area (Å²) in [6.07, 6.45) is 1.69. The van der Waals surface area contributed by atoms with E-state index in [2.05, 4.69) is 28.9 Å². The van der Waals surface area contributed by atoms with Crippen molar-refractivity contribution in [3.05, 3.63) is 88.8 Å². The Hall–Kier alpha value is -3.72. The van der Waals surface area contributed by atoms with Crippen LogP contribution in [-0.2, 0) is 6.54 Å². The molecule has 0 N–H and O–H groups in total. The van der Waals surface area contributed by atoms with Crippen molar-refractivity contribution in [2.75, 3.05) is 6.54 Å². The number of nitriles is 1. The van der Waals surface area contributed by atoms with E-state index in [0.29, 0.717) is 30.0 Å². The smallest absolute Gasteiger partial charge is 0.276 e. The largest absolute Gasteiger partial charge is 0.329 e. The lowest BCUT2D eigenvalue weighted by Gasteiger charge is -2.20. The van der Waals surface area contributed by atoms with Crippen molar-refractivity contribution < 1.29 is 4.79 Å². The van der Waals surface area contributed by atoms with E-state index in [-0.39, 0.29) is 5.91 Å². The molecule has 0 bridgehead atoms. The molecule has 0 saturated heterocycles. The highest BCUT2D eigenvalue weighted by Crippen LogP contribution is 2.17. The zero-order valence-corrected chi connectivity index (χ0v) is 16.9. The van der Waals surface area contributed by atoms with Crippen LogP contribution in [0.2, 0.25) is 0 Å². The van der Waals surface area contributed by atoms with Gasteiger partial charge in [-0.1, -0.05) is 35.9 Å². The van der Waals surface area contributed by atoms with Crippen LogP contribution in [0.5, 0.6) is 0 Å². The minimum absolute atomic E-state index is 0.206. The van der Waals surface area contributed by atoms with Gasteiger partial charge in [0.1, 0.15) is 0 Å². The molecule has 0 aliphatic heterocycles. The number of aryl methyl sites for hydroxylation is 3. The molecule has 0 spiro atoms. The molecule has 1 heterocycles. The molecule has 1 aromatic heterocycles. The summed E-state index contributed by atoms with van der Waals surface area (Å²) in [4.78, 5) is 16.4. The molecule has 0 fully saturated rings. The SMILES string of the molecule is C=CCN(Cc1ccc(C#N)cc1)C(=O)c1nn(-c2ccc(C)cc2C)nc1C. The van der Waals surface area contributed by atoms with Gasteiger partial charge in [0.05, 0.1) is 23.0 Å². The fraction of sp³-hybridized carbons (Fsp3) is 0.217. The van der Waals surface area contributed by atoms with Crippen LogP contribution in [0.3, 0.4) is 0 Å². The van der Waals surface area contributed by atoms with E-state index in [9.17, 15) is 4.79 Å². The molecule has 3 aromatic rings. The van der Waals surface area contributed by atoms with E-state index < -0.39 is 0 Å². The van der Waals surface area contributed by atoms with Gasteiger partial charge in [0, 0.05) is 13.1 Å². The van der Waals surface area contributed by atoms with E-state index in [1.54, 1.807) is 30.0 Å². The molecule has 3 rings (SSSR count). The molecule has 1 amide bonds. The standard InChI is InChI=1S/C23H23N5O/c1-5-12-27(15-20-9-7-19(14-24)8-10-20)23(29)22-18(4)25-28(26-22)21-11-6-16(2)13-17(21)3/h5-11,13H,1,12,15H2,2-4H3. The zero-order chi connectivity index (χ0) is 21.0. The summed E-state index contributed by atoms with van der Waals surface area (Å²) in [5.74, 6) is -0.206. The average molecular weight is 385 g/mol. The maximum absolute atomic E-state index is 13.2. The van der Waals surface area contributed by atoms with E-state index >= 15 is 0 Å². The van der Waals surface area contributed by atoms with Gasteiger partial charge in [-0.3, -0.25) is 4.79 Å². The minimum Gasteiger partial charge on any atom is -0.329 e. The van der Waals surface area contributed by atoms with Crippen molar-refractivity contribution in [1.29, 1.82) is 5.26 Å². The molecular formula is C23H23N5O. The molecule has 6 heteroatoms. The molecule has 29 heavy (non-hydrogen) atoms. The van der Waals surface area contributed by atoms with Gasteiger partial charge < -0.3 is 4.90 Å². The number of rotatable bonds is 6. The summed E-state index contributed by atoms with van der Waals surface area (Å²) in [7, 11) is 0. The lowest BCUT2D eigenvalue weighted by Crippen LogP contribution is -2.31. The molecule has 0 aliphatic rings. The highest BCUT2D eigenvalue weighted by molar-refractivity contribution is 5.93. The van der Waals surface area contributed by atoms with Crippen molar-refractivity contribution in [3.63, 3.8) is 0 Å². The number of benzene rings is 2. The van der Waals surface area contributed by atoms with Gasteiger partial charge in [-0.25, -0.2) is 0 Å². The van der Waals surface area contributed by atoms with Crippen LogP contribution in [0.25, 0.3) is 5.69 Å². The van der Waals surface area contributed by atoms with Crippen molar-refractivity contribution in [2.45, 2.75) is 27.3 Å². The van der Waals surface area contributed by atoms with Crippen LogP contribution >= 0.6 is 0 Å². The molecule has 0 aliphatic carbocycles. The van der Waals surface area contributed by atoms with Gasteiger partial charge in [-0.05, 0) is 50.1 Å². The number of carbonyl (C=O) groups is 1. The van der Waals surface area contributed by atoms with Crippen molar-refractivity contribution in [2.24, 2.45) is 0 Å². The molecule has 0 unspecified atom stereocenters. The Bertz CT molecular complexity index is 1090. The summed E-state index contributed by atoms with van der Waals surface area (Å²) >= 11 is 0. The Balaban J connectivity index is 1.88. The maximum atomic E-state index is 13.2. The van der Waals surface area contributed by atoms with Gasteiger partial charge in [0.15, 0.2) is 5.69 Å².